The van der Waals surface area contributed by atoms with E-state index in [0.717, 1.165) is 16.9 Å². The summed E-state index contributed by atoms with van der Waals surface area (Å²) in [6.07, 6.45) is -0.431. The molecule has 7 heteroatoms. The molecule has 0 atom stereocenters. The minimum absolute atomic E-state index is 0.102. The molecule has 3 nitrogen and oxygen atoms in total. The topological polar surface area (TPSA) is 27.7 Å². The summed E-state index contributed by atoms with van der Waals surface area (Å²) in [6.45, 7) is 12.1. The lowest BCUT2D eigenvalue weighted by molar-refractivity contribution is -0.0440. The third-order valence-corrected chi connectivity index (χ3v) is 10.6. The molecule has 1 aliphatic heterocycles. The lowest BCUT2D eigenvalue weighted by Crippen LogP contribution is -2.43. The highest BCUT2D eigenvalue weighted by Gasteiger charge is 2.39. The van der Waals surface area contributed by atoms with Gasteiger partial charge in [-0.05, 0) is 48.5 Å². The first kappa shape index (κ1) is 21.9. The normalized spacial score (nSPS) is 15.9. The van der Waals surface area contributed by atoms with Crippen LogP contribution in [0.3, 0.4) is 0 Å². The van der Waals surface area contributed by atoms with Crippen LogP contribution in [0.1, 0.15) is 32.6 Å². The molecule has 0 saturated carbocycles. The first-order chi connectivity index (χ1) is 13.0. The van der Waals surface area contributed by atoms with Crippen LogP contribution in [-0.2, 0) is 9.47 Å². The van der Waals surface area contributed by atoms with Crippen molar-refractivity contribution in [2.45, 2.75) is 45.2 Å². The molecule has 152 valence electrons. The van der Waals surface area contributed by atoms with Crippen molar-refractivity contribution in [3.63, 3.8) is 0 Å². The van der Waals surface area contributed by atoms with Gasteiger partial charge in [0.05, 0.1) is 28.3 Å². The van der Waals surface area contributed by atoms with Crippen molar-refractivity contribution in [3.8, 4) is 16.9 Å². The van der Waals surface area contributed by atoms with Crippen molar-refractivity contribution < 1.29 is 13.9 Å². The van der Waals surface area contributed by atoms with E-state index in [1.807, 2.05) is 30.3 Å². The summed E-state index contributed by atoms with van der Waals surface area (Å²) in [4.78, 5) is 0. The smallest absolute Gasteiger partial charge is 0.250 e. The van der Waals surface area contributed by atoms with Crippen LogP contribution < -0.4 is 4.43 Å². The molecule has 0 amide bonds. The second kappa shape index (κ2) is 8.17. The Hall–Kier alpha value is -0.753. The summed E-state index contributed by atoms with van der Waals surface area (Å²) in [6, 6.07) is 9.29. The fourth-order valence-corrected chi connectivity index (χ4v) is 4.74. The predicted octanol–water partition coefficient (Wildman–Crippen LogP) is 7.74. The average molecular weight is 460 g/mol. The highest BCUT2D eigenvalue weighted by Crippen LogP contribution is 2.43. The number of benzene rings is 2. The van der Waals surface area contributed by atoms with Crippen molar-refractivity contribution in [2.75, 3.05) is 13.2 Å². The number of halogens is 3. The zero-order valence-corrected chi connectivity index (χ0v) is 20.0. The first-order valence-electron chi connectivity index (χ1n) is 9.21. The van der Waals surface area contributed by atoms with Gasteiger partial charge >= 0.3 is 0 Å². The van der Waals surface area contributed by atoms with Gasteiger partial charge in [-0.1, -0.05) is 55.6 Å². The van der Waals surface area contributed by atoms with Gasteiger partial charge < -0.3 is 13.9 Å². The molecular weight excluding hydrogens is 435 g/mol. The van der Waals surface area contributed by atoms with E-state index < -0.39 is 14.6 Å². The predicted molar refractivity (Wildman–Crippen MR) is 119 cm³/mol. The van der Waals surface area contributed by atoms with Crippen molar-refractivity contribution in [2.24, 2.45) is 0 Å². The van der Waals surface area contributed by atoms with Crippen LogP contribution >= 0.6 is 34.8 Å². The fourth-order valence-electron chi connectivity index (χ4n) is 2.75. The Balaban J connectivity index is 1.92. The standard InChI is InChI=1S/C21H25Cl3O3Si/c1-21(2,3)28(4,5)27-14-6-7-15(16(22)12-14)19-17(23)10-13(11-18(19)24)20-25-8-9-26-20/h6-7,10-12,20H,8-9H2,1-5H3. The van der Waals surface area contributed by atoms with Gasteiger partial charge in [-0.3, -0.25) is 0 Å². The van der Waals surface area contributed by atoms with Crippen molar-refractivity contribution >= 4 is 43.1 Å². The lowest BCUT2D eigenvalue weighted by Gasteiger charge is -2.36. The van der Waals surface area contributed by atoms with Crippen LogP contribution in [0.5, 0.6) is 5.75 Å². The van der Waals surface area contributed by atoms with E-state index in [0.29, 0.717) is 33.8 Å². The van der Waals surface area contributed by atoms with Gasteiger partial charge in [0.2, 0.25) is 8.32 Å². The molecule has 28 heavy (non-hydrogen) atoms. The lowest BCUT2D eigenvalue weighted by atomic mass is 10.0. The van der Waals surface area contributed by atoms with Crippen molar-refractivity contribution in [1.29, 1.82) is 0 Å². The highest BCUT2D eigenvalue weighted by atomic mass is 35.5. The van der Waals surface area contributed by atoms with Crippen molar-refractivity contribution in [1.82, 2.24) is 0 Å². The molecule has 1 heterocycles. The van der Waals surface area contributed by atoms with E-state index in [-0.39, 0.29) is 5.04 Å². The summed E-state index contributed by atoms with van der Waals surface area (Å²) >= 11 is 19.7. The molecule has 3 rings (SSSR count). The number of hydrogen-bond donors (Lipinski definition) is 0. The maximum Gasteiger partial charge on any atom is 0.250 e. The molecule has 2 aromatic carbocycles. The Morgan fingerprint density at radius 1 is 0.929 bits per heavy atom. The molecule has 0 bridgehead atoms. The molecule has 0 N–H and O–H groups in total. The van der Waals surface area contributed by atoms with Crippen LogP contribution in [0, 0.1) is 0 Å². The van der Waals surface area contributed by atoms with E-state index in [9.17, 15) is 0 Å². The summed E-state index contributed by atoms with van der Waals surface area (Å²) in [5, 5.41) is 1.65. The zero-order valence-electron chi connectivity index (χ0n) is 16.7. The van der Waals surface area contributed by atoms with Gasteiger partial charge in [-0.15, -0.1) is 0 Å². The highest BCUT2D eigenvalue weighted by molar-refractivity contribution is 6.74. The maximum absolute atomic E-state index is 6.59. The van der Waals surface area contributed by atoms with E-state index in [4.69, 9.17) is 48.7 Å². The van der Waals surface area contributed by atoms with Gasteiger partial charge in [0, 0.05) is 16.7 Å². The van der Waals surface area contributed by atoms with Gasteiger partial charge in [0.15, 0.2) is 6.29 Å². The van der Waals surface area contributed by atoms with Gasteiger partial charge in [0.1, 0.15) is 5.75 Å². The Morgan fingerprint density at radius 3 is 2.00 bits per heavy atom. The zero-order chi connectivity index (χ0) is 20.7. The van der Waals surface area contributed by atoms with E-state index in [2.05, 4.69) is 33.9 Å². The molecule has 0 unspecified atom stereocenters. The van der Waals surface area contributed by atoms with Crippen LogP contribution in [-0.4, -0.2) is 21.5 Å². The SMILES string of the molecule is CC(C)(C)[Si](C)(C)Oc1ccc(-c2c(Cl)cc(C3OCCO3)cc2Cl)c(Cl)c1. The Labute approximate surface area is 183 Å². The van der Waals surface area contributed by atoms with Crippen LogP contribution in [0.2, 0.25) is 33.2 Å². The van der Waals surface area contributed by atoms with Crippen molar-refractivity contribution in [3.05, 3.63) is 51.0 Å². The van der Waals surface area contributed by atoms with E-state index in [1.54, 1.807) is 0 Å². The molecule has 0 aliphatic carbocycles. The van der Waals surface area contributed by atoms with E-state index in [1.165, 1.54) is 0 Å². The third-order valence-electron chi connectivity index (χ3n) is 5.35. The molecule has 0 spiro atoms. The number of ether oxygens (including phenoxy) is 2. The quantitative estimate of drug-likeness (QED) is 0.437. The van der Waals surface area contributed by atoms with Crippen LogP contribution in [0.4, 0.5) is 0 Å². The Kier molecular flexibility index (Phi) is 6.40. The number of rotatable bonds is 4. The average Bonchev–Trinajstić information content (AvgIpc) is 3.09. The first-order valence-corrected chi connectivity index (χ1v) is 13.2. The monoisotopic (exact) mass is 458 g/mol. The largest absolute Gasteiger partial charge is 0.543 e. The molecule has 0 radical (unpaired) electrons. The summed E-state index contributed by atoms with van der Waals surface area (Å²) in [5.41, 5.74) is 2.25. The van der Waals surface area contributed by atoms with E-state index >= 15 is 0 Å². The minimum Gasteiger partial charge on any atom is -0.543 e. The summed E-state index contributed by atoms with van der Waals surface area (Å²) in [7, 11) is -1.95. The molecule has 2 aromatic rings. The summed E-state index contributed by atoms with van der Waals surface area (Å²) < 4.78 is 17.4. The Morgan fingerprint density at radius 2 is 1.50 bits per heavy atom. The van der Waals surface area contributed by atoms with Crippen LogP contribution in [0.15, 0.2) is 30.3 Å². The third kappa shape index (κ3) is 4.53. The molecule has 1 aliphatic rings. The van der Waals surface area contributed by atoms with Gasteiger partial charge in [-0.2, -0.15) is 0 Å². The molecule has 1 saturated heterocycles. The second-order valence-electron chi connectivity index (χ2n) is 8.44. The van der Waals surface area contributed by atoms with Gasteiger partial charge in [-0.25, -0.2) is 0 Å². The maximum atomic E-state index is 6.59. The fraction of sp³-hybridized carbons (Fsp3) is 0.429. The second-order valence-corrected chi connectivity index (χ2v) is 14.4. The summed E-state index contributed by atoms with van der Waals surface area (Å²) in [5.74, 6) is 0.761. The number of hydrogen-bond acceptors (Lipinski definition) is 3. The molecular formula is C21H25Cl3O3Si. The van der Waals surface area contributed by atoms with Crippen LogP contribution in [0.25, 0.3) is 11.1 Å². The molecule has 1 fully saturated rings. The Bertz CT molecular complexity index is 849. The molecule has 0 aromatic heterocycles. The minimum atomic E-state index is -1.95. The van der Waals surface area contributed by atoms with Gasteiger partial charge in [0.25, 0.3) is 0 Å².